The van der Waals surface area contributed by atoms with Gasteiger partial charge in [-0.15, -0.1) is 0 Å². The molecule has 2 heterocycles. The van der Waals surface area contributed by atoms with Gasteiger partial charge in [-0.05, 0) is 6.42 Å². The van der Waals surface area contributed by atoms with Gasteiger partial charge in [0.2, 0.25) is 11.8 Å². The summed E-state index contributed by atoms with van der Waals surface area (Å²) in [6, 6.07) is 1.67. The number of hydrogen-bond donors (Lipinski definition) is 2. The summed E-state index contributed by atoms with van der Waals surface area (Å²) in [5.74, 6) is -0.373. The summed E-state index contributed by atoms with van der Waals surface area (Å²) in [6.45, 7) is 0.954. The van der Waals surface area contributed by atoms with Gasteiger partial charge in [0.1, 0.15) is 11.6 Å². The van der Waals surface area contributed by atoms with Crippen molar-refractivity contribution < 1.29 is 14.3 Å². The molecule has 92 valence electrons. The van der Waals surface area contributed by atoms with Crippen LogP contribution in [0.4, 0.5) is 0 Å². The molecular weight excluding hydrogens is 222 g/mol. The van der Waals surface area contributed by atoms with Gasteiger partial charge >= 0.3 is 0 Å². The minimum atomic E-state index is -0.831. The summed E-state index contributed by atoms with van der Waals surface area (Å²) >= 11 is 0. The maximum atomic E-state index is 11.9. The van der Waals surface area contributed by atoms with Crippen molar-refractivity contribution in [2.24, 2.45) is 0 Å². The molecule has 0 aromatic carbocycles. The van der Waals surface area contributed by atoms with Crippen LogP contribution in [0.15, 0.2) is 0 Å². The molecule has 0 spiro atoms. The average molecular weight is 237 g/mol. The zero-order chi connectivity index (χ0) is 12.3. The van der Waals surface area contributed by atoms with Gasteiger partial charge in [0.15, 0.2) is 0 Å². The van der Waals surface area contributed by atoms with Crippen LogP contribution >= 0.6 is 0 Å². The van der Waals surface area contributed by atoms with Crippen molar-refractivity contribution in [1.82, 2.24) is 10.6 Å². The molecule has 2 rings (SSSR count). The molecule has 0 aliphatic carbocycles. The lowest BCUT2D eigenvalue weighted by Crippen LogP contribution is -2.55. The Hall–Kier alpha value is -1.61. The van der Waals surface area contributed by atoms with Crippen molar-refractivity contribution in [2.75, 3.05) is 13.2 Å². The molecule has 2 aliphatic rings. The van der Waals surface area contributed by atoms with Crippen LogP contribution in [0.2, 0.25) is 0 Å². The number of rotatable bonds is 2. The fourth-order valence-electron chi connectivity index (χ4n) is 2.12. The van der Waals surface area contributed by atoms with E-state index in [2.05, 4.69) is 16.7 Å². The van der Waals surface area contributed by atoms with Crippen LogP contribution in [-0.4, -0.2) is 36.6 Å². The Morgan fingerprint density at radius 1 is 1.53 bits per heavy atom. The lowest BCUT2D eigenvalue weighted by molar-refractivity contribution is -0.127. The largest absolute Gasteiger partial charge is 0.381 e. The van der Waals surface area contributed by atoms with Crippen molar-refractivity contribution in [3.8, 4) is 6.07 Å². The molecule has 2 saturated heterocycles. The molecule has 6 heteroatoms. The van der Waals surface area contributed by atoms with Crippen molar-refractivity contribution >= 4 is 11.8 Å². The second-order valence-corrected chi connectivity index (χ2v) is 4.45. The number of nitrogens with one attached hydrogen (secondary N) is 2. The van der Waals surface area contributed by atoms with E-state index in [9.17, 15) is 14.9 Å². The van der Waals surface area contributed by atoms with Gasteiger partial charge in [0.05, 0.1) is 6.07 Å². The lowest BCUT2D eigenvalue weighted by atomic mass is 9.91. The highest BCUT2D eigenvalue weighted by atomic mass is 16.5. The van der Waals surface area contributed by atoms with Gasteiger partial charge in [-0.25, -0.2) is 0 Å². The van der Waals surface area contributed by atoms with E-state index < -0.39 is 11.6 Å². The van der Waals surface area contributed by atoms with Crippen molar-refractivity contribution in [1.29, 1.82) is 5.26 Å². The number of ether oxygens (including phenoxy) is 1. The van der Waals surface area contributed by atoms with E-state index in [1.165, 1.54) is 0 Å². The Labute approximate surface area is 99.3 Å². The monoisotopic (exact) mass is 237 g/mol. The highest BCUT2D eigenvalue weighted by molar-refractivity contribution is 5.91. The first-order valence-corrected chi connectivity index (χ1v) is 5.76. The van der Waals surface area contributed by atoms with E-state index in [1.54, 1.807) is 0 Å². The molecule has 2 aliphatic heterocycles. The molecule has 2 fully saturated rings. The molecule has 6 nitrogen and oxygen atoms in total. The number of nitriles is 1. The molecule has 0 saturated carbocycles. The summed E-state index contributed by atoms with van der Waals surface area (Å²) in [5, 5.41) is 14.5. The van der Waals surface area contributed by atoms with Gasteiger partial charge in [-0.1, -0.05) is 0 Å². The van der Waals surface area contributed by atoms with Crippen LogP contribution < -0.4 is 10.6 Å². The van der Waals surface area contributed by atoms with Crippen LogP contribution in [0.3, 0.4) is 0 Å². The normalized spacial score (nSPS) is 27.0. The minimum absolute atomic E-state index is 0.108. The molecule has 17 heavy (non-hydrogen) atoms. The van der Waals surface area contributed by atoms with Crippen LogP contribution in [0.25, 0.3) is 0 Å². The van der Waals surface area contributed by atoms with E-state index in [0.29, 0.717) is 38.9 Å². The summed E-state index contributed by atoms with van der Waals surface area (Å²) in [6.07, 6.45) is 1.87. The van der Waals surface area contributed by atoms with Gasteiger partial charge in [0, 0.05) is 32.5 Å². The molecule has 0 bridgehead atoms. The first kappa shape index (κ1) is 11.9. The summed E-state index contributed by atoms with van der Waals surface area (Å²) in [7, 11) is 0. The lowest BCUT2D eigenvalue weighted by Gasteiger charge is -2.32. The molecule has 0 aromatic rings. The fourth-order valence-corrected chi connectivity index (χ4v) is 2.12. The van der Waals surface area contributed by atoms with E-state index in [4.69, 9.17) is 4.74 Å². The number of nitrogens with zero attached hydrogens (tertiary/aromatic N) is 1. The Balaban J connectivity index is 1.97. The Morgan fingerprint density at radius 3 is 2.76 bits per heavy atom. The quantitative estimate of drug-likeness (QED) is 0.674. The van der Waals surface area contributed by atoms with Gasteiger partial charge in [-0.3, -0.25) is 9.59 Å². The Kier molecular flexibility index (Phi) is 3.29. The summed E-state index contributed by atoms with van der Waals surface area (Å²) in [5.41, 5.74) is -0.831. The van der Waals surface area contributed by atoms with Crippen molar-refractivity contribution in [3.63, 3.8) is 0 Å². The van der Waals surface area contributed by atoms with Crippen LogP contribution in [0.5, 0.6) is 0 Å². The predicted octanol–water partition coefficient (Wildman–Crippen LogP) is -0.546. The Bertz CT molecular complexity index is 369. The third kappa shape index (κ3) is 2.56. The SMILES string of the molecule is N#CC1(NC(=O)C2CCC(=O)N2)CCOCC1. The zero-order valence-electron chi connectivity index (χ0n) is 9.49. The molecule has 2 amide bonds. The van der Waals surface area contributed by atoms with Crippen LogP contribution in [0, 0.1) is 11.3 Å². The average Bonchev–Trinajstić information content (AvgIpc) is 2.77. The van der Waals surface area contributed by atoms with Crippen molar-refractivity contribution in [3.05, 3.63) is 0 Å². The third-order valence-corrected chi connectivity index (χ3v) is 3.23. The number of amides is 2. The minimum Gasteiger partial charge on any atom is -0.381 e. The third-order valence-electron chi connectivity index (χ3n) is 3.23. The van der Waals surface area contributed by atoms with E-state index in [1.807, 2.05) is 0 Å². The van der Waals surface area contributed by atoms with Crippen molar-refractivity contribution in [2.45, 2.75) is 37.3 Å². The van der Waals surface area contributed by atoms with E-state index >= 15 is 0 Å². The first-order valence-electron chi connectivity index (χ1n) is 5.76. The number of hydrogen-bond acceptors (Lipinski definition) is 4. The highest BCUT2D eigenvalue weighted by Crippen LogP contribution is 2.20. The predicted molar refractivity (Wildman–Crippen MR) is 57.7 cm³/mol. The maximum Gasteiger partial charge on any atom is 0.243 e. The first-order chi connectivity index (χ1) is 8.15. The highest BCUT2D eigenvalue weighted by Gasteiger charge is 2.37. The number of carbonyl (C=O) groups excluding carboxylic acids is 2. The molecule has 0 radical (unpaired) electrons. The molecular formula is C11H15N3O3. The van der Waals surface area contributed by atoms with Gasteiger partial charge in [-0.2, -0.15) is 5.26 Å². The van der Waals surface area contributed by atoms with Crippen LogP contribution in [-0.2, 0) is 14.3 Å². The molecule has 0 aromatic heterocycles. The smallest absolute Gasteiger partial charge is 0.243 e. The standard InChI is InChI=1S/C11H15N3O3/c12-7-11(3-5-17-6-4-11)14-10(16)8-1-2-9(15)13-8/h8H,1-6H2,(H,13,15)(H,14,16). The van der Waals surface area contributed by atoms with Gasteiger partial charge < -0.3 is 15.4 Å². The second kappa shape index (κ2) is 4.72. The Morgan fingerprint density at radius 2 is 2.24 bits per heavy atom. The topological polar surface area (TPSA) is 91.2 Å². The fraction of sp³-hybridized carbons (Fsp3) is 0.727. The van der Waals surface area contributed by atoms with Crippen LogP contribution in [0.1, 0.15) is 25.7 Å². The molecule has 1 atom stereocenters. The summed E-state index contributed by atoms with van der Waals surface area (Å²) in [4.78, 5) is 22.9. The molecule has 2 N–H and O–H groups in total. The van der Waals surface area contributed by atoms with E-state index in [0.717, 1.165) is 0 Å². The van der Waals surface area contributed by atoms with E-state index in [-0.39, 0.29) is 11.8 Å². The summed E-state index contributed by atoms with van der Waals surface area (Å²) < 4.78 is 5.18. The number of carbonyl (C=O) groups is 2. The molecule has 1 unspecified atom stereocenters. The maximum absolute atomic E-state index is 11.9. The second-order valence-electron chi connectivity index (χ2n) is 4.45. The van der Waals surface area contributed by atoms with Gasteiger partial charge in [0.25, 0.3) is 0 Å². The zero-order valence-corrected chi connectivity index (χ0v) is 9.49.